The van der Waals surface area contributed by atoms with Gasteiger partial charge in [-0.3, -0.25) is 4.79 Å². The van der Waals surface area contributed by atoms with Crippen molar-refractivity contribution in [3.63, 3.8) is 0 Å². The molecule has 0 aromatic heterocycles. The van der Waals surface area contributed by atoms with Crippen LogP contribution in [0.3, 0.4) is 0 Å². The van der Waals surface area contributed by atoms with Gasteiger partial charge in [0.05, 0.1) is 11.5 Å². The Morgan fingerprint density at radius 1 is 1.19 bits per heavy atom. The fraction of sp³-hybridized carbons (Fsp3) is 0.652. The molecule has 2 saturated heterocycles. The number of ether oxygens (including phenoxy) is 2. The molecule has 0 aliphatic carbocycles. The molecule has 2 heterocycles. The first-order chi connectivity index (χ1) is 14.8. The summed E-state index contributed by atoms with van der Waals surface area (Å²) in [5.74, 6) is -2.22. The maximum absolute atomic E-state index is 13.5. The number of rotatable bonds is 5. The van der Waals surface area contributed by atoms with Gasteiger partial charge in [-0.1, -0.05) is 13.8 Å². The number of esters is 1. The average Bonchev–Trinajstić information content (AvgIpc) is 2.97. The molecular formula is C23H31F3N2O4. The molecule has 3 atom stereocenters. The van der Waals surface area contributed by atoms with E-state index in [4.69, 9.17) is 9.47 Å². The van der Waals surface area contributed by atoms with Crippen LogP contribution in [0.5, 0.6) is 0 Å². The Hall–Kier alpha value is -2.29. The fourth-order valence-corrected chi connectivity index (χ4v) is 4.38. The molecule has 3 rings (SSSR count). The van der Waals surface area contributed by atoms with Gasteiger partial charge in [0.25, 0.3) is 0 Å². The summed E-state index contributed by atoms with van der Waals surface area (Å²) in [6.07, 6.45) is -4.83. The molecule has 2 fully saturated rings. The lowest BCUT2D eigenvalue weighted by Crippen LogP contribution is -2.57. The highest BCUT2D eigenvalue weighted by atomic mass is 19.4. The zero-order valence-electron chi connectivity index (χ0n) is 19.1. The quantitative estimate of drug-likeness (QED) is 0.625. The first-order valence-corrected chi connectivity index (χ1v) is 10.9. The number of anilines is 1. The zero-order chi connectivity index (χ0) is 23.8. The van der Waals surface area contributed by atoms with E-state index in [2.05, 4.69) is 0 Å². The van der Waals surface area contributed by atoms with Crippen molar-refractivity contribution in [1.29, 1.82) is 0 Å². The number of alkyl halides is 3. The van der Waals surface area contributed by atoms with E-state index in [1.807, 2.05) is 25.7 Å². The first-order valence-electron chi connectivity index (χ1n) is 10.9. The molecule has 1 aromatic rings. The molecule has 0 saturated carbocycles. The summed E-state index contributed by atoms with van der Waals surface area (Å²) in [5, 5.41) is 0. The van der Waals surface area contributed by atoms with E-state index in [0.717, 1.165) is 12.1 Å². The van der Waals surface area contributed by atoms with Crippen LogP contribution in [-0.2, 0) is 25.2 Å². The maximum Gasteiger partial charge on any atom is 0.416 e. The summed E-state index contributed by atoms with van der Waals surface area (Å²) in [7, 11) is 0. The summed E-state index contributed by atoms with van der Waals surface area (Å²) in [6, 6.07) is 4.87. The minimum Gasteiger partial charge on any atom is -0.432 e. The summed E-state index contributed by atoms with van der Waals surface area (Å²) >= 11 is 0. The van der Waals surface area contributed by atoms with Crippen LogP contribution in [0.4, 0.5) is 18.9 Å². The Morgan fingerprint density at radius 2 is 1.81 bits per heavy atom. The van der Waals surface area contributed by atoms with Crippen LogP contribution < -0.4 is 4.90 Å². The molecule has 0 unspecified atom stereocenters. The van der Waals surface area contributed by atoms with Gasteiger partial charge in [-0.25, -0.2) is 4.79 Å². The van der Waals surface area contributed by atoms with Gasteiger partial charge in [-0.15, -0.1) is 0 Å². The van der Waals surface area contributed by atoms with E-state index in [1.54, 1.807) is 18.7 Å². The maximum atomic E-state index is 13.5. The molecule has 9 heteroatoms. The smallest absolute Gasteiger partial charge is 0.416 e. The predicted molar refractivity (Wildman–Crippen MR) is 113 cm³/mol. The fourth-order valence-electron chi connectivity index (χ4n) is 4.38. The molecule has 0 radical (unpaired) electrons. The van der Waals surface area contributed by atoms with Crippen molar-refractivity contribution in [3.8, 4) is 0 Å². The standard InChI is InChI=1S/C23H31F3N2O4/c1-14(2)12-18(19-21(30)32-22(4,5)31-19)20(29)28-11-10-27(13-15(28)3)17-8-6-16(7-9-17)23(24,25)26/h6-9,14-15,18-19H,10-13H2,1-5H3/t15-,18+,19+/m1/s1. The molecule has 1 aromatic carbocycles. The third-order valence-electron chi connectivity index (χ3n) is 5.87. The Bertz CT molecular complexity index is 839. The zero-order valence-corrected chi connectivity index (χ0v) is 19.1. The lowest BCUT2D eigenvalue weighted by molar-refractivity contribution is -0.163. The Morgan fingerprint density at radius 3 is 2.28 bits per heavy atom. The van der Waals surface area contributed by atoms with Gasteiger partial charge in [0.1, 0.15) is 0 Å². The highest BCUT2D eigenvalue weighted by Crippen LogP contribution is 2.34. The van der Waals surface area contributed by atoms with Gasteiger partial charge < -0.3 is 19.3 Å². The number of carbonyl (C=O) groups excluding carboxylic acids is 2. The van der Waals surface area contributed by atoms with Gasteiger partial charge in [-0.2, -0.15) is 13.2 Å². The lowest BCUT2D eigenvalue weighted by Gasteiger charge is -2.42. The highest BCUT2D eigenvalue weighted by molar-refractivity contribution is 5.88. The molecule has 0 N–H and O–H groups in total. The Kier molecular flexibility index (Phi) is 6.79. The number of hydrogen-bond donors (Lipinski definition) is 0. The third-order valence-corrected chi connectivity index (χ3v) is 5.87. The normalized spacial score (nSPS) is 24.6. The van der Waals surface area contributed by atoms with Gasteiger partial charge >= 0.3 is 12.1 Å². The second kappa shape index (κ2) is 8.92. The van der Waals surface area contributed by atoms with Crippen molar-refractivity contribution in [2.75, 3.05) is 24.5 Å². The van der Waals surface area contributed by atoms with Gasteiger partial charge in [0.2, 0.25) is 11.7 Å². The first kappa shape index (κ1) is 24.4. The summed E-state index contributed by atoms with van der Waals surface area (Å²) < 4.78 is 49.6. The van der Waals surface area contributed by atoms with Crippen LogP contribution in [0, 0.1) is 11.8 Å². The molecule has 1 amide bonds. The van der Waals surface area contributed by atoms with Crippen molar-refractivity contribution < 1.29 is 32.2 Å². The van der Waals surface area contributed by atoms with E-state index >= 15 is 0 Å². The van der Waals surface area contributed by atoms with Gasteiger partial charge in [-0.05, 0) is 43.5 Å². The van der Waals surface area contributed by atoms with Crippen LogP contribution in [0.25, 0.3) is 0 Å². The van der Waals surface area contributed by atoms with E-state index in [9.17, 15) is 22.8 Å². The number of cyclic esters (lactones) is 1. The van der Waals surface area contributed by atoms with E-state index in [0.29, 0.717) is 31.7 Å². The number of halogens is 3. The van der Waals surface area contributed by atoms with E-state index < -0.39 is 35.5 Å². The number of piperazine rings is 1. The number of amides is 1. The monoisotopic (exact) mass is 456 g/mol. The topological polar surface area (TPSA) is 59.1 Å². The minimum atomic E-state index is -4.37. The molecule has 0 spiro atoms. The average molecular weight is 457 g/mol. The van der Waals surface area contributed by atoms with Crippen molar-refractivity contribution in [3.05, 3.63) is 29.8 Å². The second-order valence-corrected chi connectivity index (χ2v) is 9.47. The summed E-state index contributed by atoms with van der Waals surface area (Å²) in [4.78, 5) is 29.6. The van der Waals surface area contributed by atoms with Crippen molar-refractivity contribution in [1.82, 2.24) is 4.90 Å². The molecular weight excluding hydrogens is 425 g/mol. The van der Waals surface area contributed by atoms with Gasteiger partial charge in [0, 0.05) is 45.2 Å². The van der Waals surface area contributed by atoms with Crippen LogP contribution >= 0.6 is 0 Å². The molecule has 2 aliphatic heterocycles. The molecule has 178 valence electrons. The number of carbonyl (C=O) groups is 2. The van der Waals surface area contributed by atoms with E-state index in [1.165, 1.54) is 12.1 Å². The SMILES string of the molecule is CC(C)C[C@H](C(=O)N1CCN(c2ccc(C(F)(F)F)cc2)C[C@H]1C)[C@@H]1OC(C)(C)OC1=O. The number of hydrogen-bond acceptors (Lipinski definition) is 5. The van der Waals surface area contributed by atoms with Crippen LogP contribution in [0.15, 0.2) is 24.3 Å². The van der Waals surface area contributed by atoms with Crippen molar-refractivity contribution in [2.45, 2.75) is 65.1 Å². The highest BCUT2D eigenvalue weighted by Gasteiger charge is 2.49. The molecule has 2 aliphatic rings. The van der Waals surface area contributed by atoms with Crippen LogP contribution in [0.2, 0.25) is 0 Å². The van der Waals surface area contributed by atoms with E-state index in [-0.39, 0.29) is 17.9 Å². The van der Waals surface area contributed by atoms with Crippen LogP contribution in [0.1, 0.15) is 46.6 Å². The van der Waals surface area contributed by atoms with Gasteiger partial charge in [0.15, 0.2) is 6.10 Å². The molecule has 32 heavy (non-hydrogen) atoms. The molecule has 0 bridgehead atoms. The lowest BCUT2D eigenvalue weighted by atomic mass is 9.90. The van der Waals surface area contributed by atoms with Crippen molar-refractivity contribution in [2.24, 2.45) is 11.8 Å². The van der Waals surface area contributed by atoms with Crippen molar-refractivity contribution >= 4 is 17.6 Å². The number of benzene rings is 1. The summed E-state index contributed by atoms with van der Waals surface area (Å²) in [6.45, 7) is 10.5. The third kappa shape index (κ3) is 5.36. The van der Waals surface area contributed by atoms with Crippen LogP contribution in [-0.4, -0.2) is 54.3 Å². The molecule has 6 nitrogen and oxygen atoms in total. The predicted octanol–water partition coefficient (Wildman–Crippen LogP) is 4.08. The Balaban J connectivity index is 1.71. The second-order valence-electron chi connectivity index (χ2n) is 9.47. The number of nitrogens with zero attached hydrogens (tertiary/aromatic N) is 2. The Labute approximate surface area is 186 Å². The minimum absolute atomic E-state index is 0.155. The summed E-state index contributed by atoms with van der Waals surface area (Å²) in [5.41, 5.74) is -0.00820. The largest absolute Gasteiger partial charge is 0.432 e.